The lowest BCUT2D eigenvalue weighted by Crippen LogP contribution is -2.55. The van der Waals surface area contributed by atoms with Crippen LogP contribution in [0.25, 0.3) is 5.65 Å². The molecule has 4 heterocycles. The highest BCUT2D eigenvalue weighted by atomic mass is 19.4. The molecular weight excluding hydrogens is 451 g/mol. The molecule has 8 nitrogen and oxygen atoms in total. The first-order valence-electron chi connectivity index (χ1n) is 11.2. The number of halogens is 3. The van der Waals surface area contributed by atoms with Crippen LogP contribution in [0.5, 0.6) is 0 Å². The predicted octanol–water partition coefficient (Wildman–Crippen LogP) is 3.08. The molecule has 1 unspecified atom stereocenters. The van der Waals surface area contributed by atoms with Gasteiger partial charge in [0.2, 0.25) is 5.91 Å². The van der Waals surface area contributed by atoms with Crippen LogP contribution in [0.4, 0.5) is 13.2 Å². The summed E-state index contributed by atoms with van der Waals surface area (Å²) in [6.07, 6.45) is 3.70. The van der Waals surface area contributed by atoms with Crippen molar-refractivity contribution in [2.24, 2.45) is 0 Å². The van der Waals surface area contributed by atoms with Crippen LogP contribution in [-0.2, 0) is 15.7 Å². The van der Waals surface area contributed by atoms with Crippen LogP contribution in [-0.4, -0.2) is 63.3 Å². The van der Waals surface area contributed by atoms with Crippen molar-refractivity contribution in [1.82, 2.24) is 19.2 Å². The third kappa shape index (κ3) is 3.77. The van der Waals surface area contributed by atoms with E-state index in [1.54, 1.807) is 11.0 Å². The van der Waals surface area contributed by atoms with Crippen molar-refractivity contribution in [3.05, 3.63) is 47.1 Å². The Hall–Kier alpha value is -3.55. The van der Waals surface area contributed by atoms with Gasteiger partial charge < -0.3 is 14.5 Å². The van der Waals surface area contributed by atoms with Crippen LogP contribution in [0.3, 0.4) is 0 Å². The SMILES string of the molecule is N#Cc1c(C(=O)N2CCN(C3CCCC3)C(=O)C2)nc2c(C(F)(F)F)cc(C3C=COC3)cn12. The Morgan fingerprint density at radius 2 is 2.00 bits per heavy atom. The maximum Gasteiger partial charge on any atom is 0.419 e. The van der Waals surface area contributed by atoms with Crippen molar-refractivity contribution >= 4 is 17.5 Å². The smallest absolute Gasteiger partial charge is 0.419 e. The minimum atomic E-state index is -4.75. The van der Waals surface area contributed by atoms with Gasteiger partial charge in [0.05, 0.1) is 18.4 Å². The molecule has 5 rings (SSSR count). The van der Waals surface area contributed by atoms with Crippen molar-refractivity contribution in [1.29, 1.82) is 5.26 Å². The molecule has 0 aromatic carbocycles. The average Bonchev–Trinajstić information content (AvgIpc) is 3.57. The zero-order valence-electron chi connectivity index (χ0n) is 18.2. The maximum absolute atomic E-state index is 13.9. The minimum absolute atomic E-state index is 0.177. The number of ether oxygens (including phenoxy) is 1. The second kappa shape index (κ2) is 8.34. The molecule has 0 N–H and O–H groups in total. The van der Waals surface area contributed by atoms with E-state index in [1.807, 2.05) is 6.07 Å². The number of alkyl halides is 3. The van der Waals surface area contributed by atoms with Gasteiger partial charge in [-0.3, -0.25) is 14.0 Å². The van der Waals surface area contributed by atoms with Gasteiger partial charge in [0.25, 0.3) is 5.91 Å². The molecule has 2 aliphatic heterocycles. The molecule has 2 aromatic rings. The molecule has 0 spiro atoms. The first kappa shape index (κ1) is 22.3. The summed E-state index contributed by atoms with van der Waals surface area (Å²) < 4.78 is 47.8. The number of fused-ring (bicyclic) bond motifs is 1. The normalized spacial score (nSPS) is 21.4. The van der Waals surface area contributed by atoms with E-state index >= 15 is 0 Å². The lowest BCUT2D eigenvalue weighted by molar-refractivity contribution is -0.137. The highest BCUT2D eigenvalue weighted by molar-refractivity contribution is 5.98. The number of imidazole rings is 1. The number of carbonyl (C=O) groups excluding carboxylic acids is 2. The van der Waals surface area contributed by atoms with Crippen molar-refractivity contribution in [3.63, 3.8) is 0 Å². The Kier molecular flexibility index (Phi) is 5.46. The molecule has 0 radical (unpaired) electrons. The summed E-state index contributed by atoms with van der Waals surface area (Å²) in [7, 11) is 0. The fourth-order valence-corrected chi connectivity index (χ4v) is 5.02. The minimum Gasteiger partial charge on any atom is -0.501 e. The highest BCUT2D eigenvalue weighted by Crippen LogP contribution is 2.36. The molecule has 34 heavy (non-hydrogen) atoms. The standard InChI is InChI=1S/C23H22F3N5O3/c24-23(25,26)17-9-15(14-5-8-34-13-14)11-31-18(10-27)20(28-21(17)31)22(33)29-6-7-30(19(32)12-29)16-3-1-2-4-16/h5,8-9,11,14,16H,1-4,6-7,12-13H2. The molecule has 1 aliphatic carbocycles. The second-order valence-electron chi connectivity index (χ2n) is 8.82. The number of nitrogens with zero attached hydrogens (tertiary/aromatic N) is 5. The van der Waals surface area contributed by atoms with Gasteiger partial charge in [-0.25, -0.2) is 4.98 Å². The van der Waals surface area contributed by atoms with Gasteiger partial charge in [-0.15, -0.1) is 0 Å². The second-order valence-corrected chi connectivity index (χ2v) is 8.82. The number of carbonyl (C=O) groups is 2. The summed E-state index contributed by atoms with van der Waals surface area (Å²) in [4.78, 5) is 33.0. The Morgan fingerprint density at radius 3 is 2.62 bits per heavy atom. The molecule has 1 atom stereocenters. The maximum atomic E-state index is 13.9. The Balaban J connectivity index is 1.51. The molecule has 178 valence electrons. The quantitative estimate of drug-likeness (QED) is 0.684. The Morgan fingerprint density at radius 1 is 1.24 bits per heavy atom. The average molecular weight is 473 g/mol. The Bertz CT molecular complexity index is 1220. The number of aromatic nitrogens is 2. The van der Waals surface area contributed by atoms with Gasteiger partial charge in [0.15, 0.2) is 17.0 Å². The van der Waals surface area contributed by atoms with Gasteiger partial charge in [-0.1, -0.05) is 12.8 Å². The number of hydrogen-bond acceptors (Lipinski definition) is 5. The van der Waals surface area contributed by atoms with Gasteiger partial charge >= 0.3 is 6.18 Å². The van der Waals surface area contributed by atoms with Gasteiger partial charge in [0, 0.05) is 31.2 Å². The summed E-state index contributed by atoms with van der Waals surface area (Å²) in [6.45, 7) is 0.589. The first-order chi connectivity index (χ1) is 16.3. The summed E-state index contributed by atoms with van der Waals surface area (Å²) in [5.41, 5.74) is -1.94. The molecule has 2 aromatic heterocycles. The van der Waals surface area contributed by atoms with Gasteiger partial charge in [-0.2, -0.15) is 18.4 Å². The van der Waals surface area contributed by atoms with Crippen LogP contribution in [0, 0.1) is 11.3 Å². The molecule has 0 bridgehead atoms. The lowest BCUT2D eigenvalue weighted by atomic mass is 10.0. The van der Waals surface area contributed by atoms with Gasteiger partial charge in [-0.05, 0) is 30.5 Å². The molecule has 3 aliphatic rings. The van der Waals surface area contributed by atoms with E-state index in [2.05, 4.69) is 4.98 Å². The third-order valence-electron chi connectivity index (χ3n) is 6.78. The summed E-state index contributed by atoms with van der Waals surface area (Å²) in [5.74, 6) is -1.33. The van der Waals surface area contributed by atoms with E-state index in [1.165, 1.54) is 17.4 Å². The molecule has 2 amide bonds. The highest BCUT2D eigenvalue weighted by Gasteiger charge is 2.39. The largest absolute Gasteiger partial charge is 0.501 e. The molecule has 1 saturated heterocycles. The van der Waals surface area contributed by atoms with Crippen molar-refractivity contribution < 1.29 is 27.5 Å². The molecule has 1 saturated carbocycles. The van der Waals surface area contributed by atoms with Crippen LogP contribution in [0.1, 0.15) is 58.9 Å². The third-order valence-corrected chi connectivity index (χ3v) is 6.78. The first-order valence-corrected chi connectivity index (χ1v) is 11.2. The molecule has 2 fully saturated rings. The molecule has 11 heteroatoms. The van der Waals surface area contributed by atoms with Gasteiger partial charge in [0.1, 0.15) is 12.6 Å². The Labute approximate surface area is 193 Å². The number of hydrogen-bond donors (Lipinski definition) is 0. The van der Waals surface area contributed by atoms with E-state index in [-0.39, 0.29) is 43.0 Å². The summed E-state index contributed by atoms with van der Waals surface area (Å²) in [6, 6.07) is 3.00. The van der Waals surface area contributed by atoms with E-state index in [0.29, 0.717) is 12.1 Å². The van der Waals surface area contributed by atoms with Crippen molar-refractivity contribution in [2.75, 3.05) is 26.2 Å². The predicted molar refractivity (Wildman–Crippen MR) is 113 cm³/mol. The van der Waals surface area contributed by atoms with Crippen LogP contribution >= 0.6 is 0 Å². The van der Waals surface area contributed by atoms with E-state index in [9.17, 15) is 28.0 Å². The zero-order chi connectivity index (χ0) is 24.0. The zero-order valence-corrected chi connectivity index (χ0v) is 18.2. The number of nitriles is 1. The van der Waals surface area contributed by atoms with E-state index < -0.39 is 29.2 Å². The number of amides is 2. The number of piperazine rings is 1. The van der Waals surface area contributed by atoms with Crippen LogP contribution in [0.15, 0.2) is 24.6 Å². The lowest BCUT2D eigenvalue weighted by Gasteiger charge is -2.37. The summed E-state index contributed by atoms with van der Waals surface area (Å²) in [5, 5.41) is 9.76. The topological polar surface area (TPSA) is 90.9 Å². The van der Waals surface area contributed by atoms with E-state index in [4.69, 9.17) is 4.74 Å². The van der Waals surface area contributed by atoms with Crippen LogP contribution in [0.2, 0.25) is 0 Å². The number of pyridine rings is 1. The molecular formula is C23H22F3N5O3. The van der Waals surface area contributed by atoms with Crippen LogP contribution < -0.4 is 0 Å². The number of rotatable bonds is 3. The fraction of sp³-hybridized carbons (Fsp3) is 0.478. The monoisotopic (exact) mass is 473 g/mol. The van der Waals surface area contributed by atoms with Crippen molar-refractivity contribution in [3.8, 4) is 6.07 Å². The van der Waals surface area contributed by atoms with Crippen molar-refractivity contribution in [2.45, 2.75) is 43.8 Å². The summed E-state index contributed by atoms with van der Waals surface area (Å²) >= 11 is 0. The fourth-order valence-electron chi connectivity index (χ4n) is 5.02. The van der Waals surface area contributed by atoms with E-state index in [0.717, 1.165) is 36.2 Å².